The topological polar surface area (TPSA) is 21.3 Å². The molecule has 0 aromatic heterocycles. The molecule has 0 radical (unpaired) electrons. The zero-order valence-electron chi connectivity index (χ0n) is 13.7. The Bertz CT molecular complexity index is 596. The van der Waals surface area contributed by atoms with E-state index in [9.17, 15) is 0 Å². The lowest BCUT2D eigenvalue weighted by molar-refractivity contribution is 0.408. The molecular formula is C19H25NO. The van der Waals surface area contributed by atoms with Crippen LogP contribution in [0.3, 0.4) is 0 Å². The summed E-state index contributed by atoms with van der Waals surface area (Å²) in [6.07, 6.45) is 0. The minimum Gasteiger partial charge on any atom is -0.496 e. The van der Waals surface area contributed by atoms with E-state index in [0.717, 1.165) is 12.3 Å². The fourth-order valence-electron chi connectivity index (χ4n) is 2.95. The average molecular weight is 283 g/mol. The molecule has 2 aromatic carbocycles. The summed E-state index contributed by atoms with van der Waals surface area (Å²) >= 11 is 0. The van der Waals surface area contributed by atoms with Gasteiger partial charge in [-0.15, -0.1) is 0 Å². The third-order valence-electron chi connectivity index (χ3n) is 3.80. The lowest BCUT2D eigenvalue weighted by atomic mass is 9.94. The first-order valence-corrected chi connectivity index (χ1v) is 7.52. The lowest BCUT2D eigenvalue weighted by Gasteiger charge is -2.21. The summed E-state index contributed by atoms with van der Waals surface area (Å²) in [7, 11) is 1.73. The highest BCUT2D eigenvalue weighted by Gasteiger charge is 2.15. The minimum atomic E-state index is 0.221. The van der Waals surface area contributed by atoms with Crippen LogP contribution >= 0.6 is 0 Å². The van der Waals surface area contributed by atoms with Gasteiger partial charge in [0.15, 0.2) is 0 Å². The molecule has 0 saturated carbocycles. The molecule has 1 atom stereocenters. The van der Waals surface area contributed by atoms with E-state index in [0.29, 0.717) is 0 Å². The first kappa shape index (κ1) is 15.6. The Hall–Kier alpha value is -1.80. The molecule has 0 aliphatic carbocycles. The maximum Gasteiger partial charge on any atom is 0.124 e. The SMILES string of the molecule is CCNC(c1cccc(C)c1)c1cc(C)c(OC)c(C)c1. The highest BCUT2D eigenvalue weighted by Crippen LogP contribution is 2.30. The van der Waals surface area contributed by atoms with Crippen molar-refractivity contribution in [3.8, 4) is 5.75 Å². The van der Waals surface area contributed by atoms with Crippen molar-refractivity contribution in [3.05, 3.63) is 64.2 Å². The van der Waals surface area contributed by atoms with Crippen molar-refractivity contribution in [1.29, 1.82) is 0 Å². The number of ether oxygens (including phenoxy) is 1. The first-order chi connectivity index (χ1) is 10.1. The Labute approximate surface area is 128 Å². The summed E-state index contributed by atoms with van der Waals surface area (Å²) in [4.78, 5) is 0. The number of aryl methyl sites for hydroxylation is 3. The molecule has 0 spiro atoms. The fraction of sp³-hybridized carbons (Fsp3) is 0.368. The van der Waals surface area contributed by atoms with Gasteiger partial charge in [-0.1, -0.05) is 48.9 Å². The lowest BCUT2D eigenvalue weighted by Crippen LogP contribution is -2.22. The van der Waals surface area contributed by atoms with E-state index in [2.05, 4.69) is 69.4 Å². The van der Waals surface area contributed by atoms with Crippen molar-refractivity contribution in [2.24, 2.45) is 0 Å². The van der Waals surface area contributed by atoms with Crippen molar-refractivity contribution < 1.29 is 4.74 Å². The van der Waals surface area contributed by atoms with Crippen molar-refractivity contribution in [2.75, 3.05) is 13.7 Å². The maximum absolute atomic E-state index is 5.47. The second-order valence-electron chi connectivity index (χ2n) is 5.59. The van der Waals surface area contributed by atoms with Gasteiger partial charge in [-0.05, 0) is 49.6 Å². The normalized spacial score (nSPS) is 12.2. The van der Waals surface area contributed by atoms with Gasteiger partial charge in [-0.2, -0.15) is 0 Å². The molecule has 0 fully saturated rings. The van der Waals surface area contributed by atoms with E-state index in [1.807, 2.05) is 0 Å². The minimum absolute atomic E-state index is 0.221. The van der Waals surface area contributed by atoms with E-state index in [4.69, 9.17) is 4.74 Å². The van der Waals surface area contributed by atoms with Crippen molar-refractivity contribution >= 4 is 0 Å². The number of rotatable bonds is 5. The zero-order valence-corrected chi connectivity index (χ0v) is 13.7. The molecule has 2 heteroatoms. The van der Waals surface area contributed by atoms with E-state index in [1.165, 1.54) is 27.8 Å². The molecule has 2 rings (SSSR count). The van der Waals surface area contributed by atoms with Crippen LogP contribution in [0, 0.1) is 20.8 Å². The third-order valence-corrected chi connectivity index (χ3v) is 3.80. The zero-order chi connectivity index (χ0) is 15.4. The van der Waals surface area contributed by atoms with E-state index >= 15 is 0 Å². The summed E-state index contributed by atoms with van der Waals surface area (Å²) in [6.45, 7) is 9.43. The molecule has 0 bridgehead atoms. The van der Waals surface area contributed by atoms with Crippen LogP contribution < -0.4 is 10.1 Å². The summed E-state index contributed by atoms with van der Waals surface area (Å²) in [5.41, 5.74) is 6.25. The predicted octanol–water partition coefficient (Wildman–Crippen LogP) is 4.32. The molecular weight excluding hydrogens is 258 g/mol. The van der Waals surface area contributed by atoms with Gasteiger partial charge in [-0.25, -0.2) is 0 Å². The molecule has 2 aromatic rings. The van der Waals surface area contributed by atoms with Gasteiger partial charge >= 0.3 is 0 Å². The molecule has 21 heavy (non-hydrogen) atoms. The molecule has 0 amide bonds. The Morgan fingerprint density at radius 3 is 2.19 bits per heavy atom. The standard InChI is InChI=1S/C19H25NO/c1-6-20-18(16-9-7-8-13(2)10-16)17-11-14(3)19(21-5)15(4)12-17/h7-12,18,20H,6H2,1-5H3. The fourth-order valence-corrected chi connectivity index (χ4v) is 2.95. The van der Waals surface area contributed by atoms with Crippen molar-refractivity contribution in [1.82, 2.24) is 5.32 Å². The largest absolute Gasteiger partial charge is 0.496 e. The molecule has 1 N–H and O–H groups in total. The van der Waals surface area contributed by atoms with Crippen LogP contribution in [0.1, 0.15) is 40.8 Å². The van der Waals surface area contributed by atoms with Gasteiger partial charge in [0.2, 0.25) is 0 Å². The maximum atomic E-state index is 5.47. The van der Waals surface area contributed by atoms with Crippen LogP contribution in [0.5, 0.6) is 5.75 Å². The first-order valence-electron chi connectivity index (χ1n) is 7.52. The smallest absolute Gasteiger partial charge is 0.124 e. The van der Waals surface area contributed by atoms with E-state index < -0.39 is 0 Å². The Morgan fingerprint density at radius 2 is 1.67 bits per heavy atom. The number of benzene rings is 2. The average Bonchev–Trinajstić information content (AvgIpc) is 2.44. The molecule has 2 nitrogen and oxygen atoms in total. The quantitative estimate of drug-likeness (QED) is 0.882. The van der Waals surface area contributed by atoms with Crippen molar-refractivity contribution in [2.45, 2.75) is 33.7 Å². The van der Waals surface area contributed by atoms with Crippen LogP contribution in [0.25, 0.3) is 0 Å². The van der Waals surface area contributed by atoms with Gasteiger partial charge < -0.3 is 10.1 Å². The van der Waals surface area contributed by atoms with Crippen LogP contribution in [-0.4, -0.2) is 13.7 Å². The second kappa shape index (κ2) is 6.77. The molecule has 0 aliphatic rings. The summed E-state index contributed by atoms with van der Waals surface area (Å²) in [5, 5.41) is 3.59. The number of hydrogen-bond donors (Lipinski definition) is 1. The number of methoxy groups -OCH3 is 1. The van der Waals surface area contributed by atoms with Crippen LogP contribution in [0.15, 0.2) is 36.4 Å². The van der Waals surface area contributed by atoms with Crippen molar-refractivity contribution in [3.63, 3.8) is 0 Å². The summed E-state index contributed by atoms with van der Waals surface area (Å²) in [5.74, 6) is 0.984. The monoisotopic (exact) mass is 283 g/mol. The van der Waals surface area contributed by atoms with Gasteiger partial charge in [0, 0.05) is 0 Å². The predicted molar refractivity (Wildman–Crippen MR) is 89.2 cm³/mol. The molecule has 1 unspecified atom stereocenters. The highest BCUT2D eigenvalue weighted by molar-refractivity contribution is 5.46. The molecule has 112 valence electrons. The number of nitrogens with one attached hydrogen (secondary N) is 1. The Balaban J connectivity index is 2.48. The summed E-state index contributed by atoms with van der Waals surface area (Å²) < 4.78 is 5.47. The molecule has 0 aliphatic heterocycles. The van der Waals surface area contributed by atoms with Gasteiger partial charge in [0.1, 0.15) is 5.75 Å². The van der Waals surface area contributed by atoms with Gasteiger partial charge in [-0.3, -0.25) is 0 Å². The Kier molecular flexibility index (Phi) is 5.03. The molecule has 0 heterocycles. The second-order valence-corrected chi connectivity index (χ2v) is 5.59. The van der Waals surface area contributed by atoms with Gasteiger partial charge in [0.05, 0.1) is 13.2 Å². The van der Waals surface area contributed by atoms with Crippen LogP contribution in [-0.2, 0) is 0 Å². The molecule has 0 saturated heterocycles. The van der Waals surface area contributed by atoms with Crippen LogP contribution in [0.4, 0.5) is 0 Å². The summed E-state index contributed by atoms with van der Waals surface area (Å²) in [6, 6.07) is 13.4. The Morgan fingerprint density at radius 1 is 1.00 bits per heavy atom. The third kappa shape index (κ3) is 3.45. The van der Waals surface area contributed by atoms with Gasteiger partial charge in [0.25, 0.3) is 0 Å². The van der Waals surface area contributed by atoms with E-state index in [-0.39, 0.29) is 6.04 Å². The van der Waals surface area contributed by atoms with E-state index in [1.54, 1.807) is 7.11 Å². The highest BCUT2D eigenvalue weighted by atomic mass is 16.5. The number of hydrogen-bond acceptors (Lipinski definition) is 2. The van der Waals surface area contributed by atoms with Crippen LogP contribution in [0.2, 0.25) is 0 Å².